The molecule has 2 amide bonds. The average molecular weight is 401 g/mol. The topological polar surface area (TPSA) is 58.6 Å². The maximum Gasteiger partial charge on any atom is 0.251 e. The molecule has 2 aromatic carbocycles. The molecule has 0 saturated carbocycles. The second-order valence-corrected chi connectivity index (χ2v) is 7.82. The van der Waals surface area contributed by atoms with Crippen molar-refractivity contribution in [1.29, 1.82) is 0 Å². The highest BCUT2D eigenvalue weighted by Crippen LogP contribution is 2.32. The molecule has 3 rings (SSSR count). The van der Waals surface area contributed by atoms with E-state index in [1.807, 2.05) is 38.1 Å². The van der Waals surface area contributed by atoms with Gasteiger partial charge in [0.25, 0.3) is 5.91 Å². The molecule has 0 fully saturated rings. The van der Waals surface area contributed by atoms with Crippen molar-refractivity contribution < 1.29 is 14.3 Å². The Bertz CT molecular complexity index is 878. The fourth-order valence-electron chi connectivity index (χ4n) is 3.31. The van der Waals surface area contributed by atoms with E-state index in [9.17, 15) is 9.59 Å². The molecule has 6 heteroatoms. The van der Waals surface area contributed by atoms with E-state index in [0.717, 1.165) is 28.9 Å². The molecular formula is C22H25ClN2O3. The zero-order valence-corrected chi connectivity index (χ0v) is 17.2. The standard InChI is InChI=1S/C22H25ClN2O3/c1-14(2)22(27)25(3)13-15-4-6-16(7-5-15)21(26)24-12-18-11-19(23)10-17-8-9-28-20(17)18/h4-7,10-11,14H,8-9,12-13H2,1-3H3,(H,24,26). The van der Waals surface area contributed by atoms with E-state index in [-0.39, 0.29) is 17.7 Å². The summed E-state index contributed by atoms with van der Waals surface area (Å²) >= 11 is 6.17. The average Bonchev–Trinajstić information content (AvgIpc) is 3.14. The highest BCUT2D eigenvalue weighted by atomic mass is 35.5. The number of carbonyl (C=O) groups is 2. The van der Waals surface area contributed by atoms with E-state index >= 15 is 0 Å². The molecule has 0 aliphatic carbocycles. The molecule has 0 aromatic heterocycles. The van der Waals surface area contributed by atoms with Gasteiger partial charge < -0.3 is 15.0 Å². The monoisotopic (exact) mass is 400 g/mol. The summed E-state index contributed by atoms with van der Waals surface area (Å²) in [6.45, 7) is 5.28. The molecule has 0 atom stereocenters. The van der Waals surface area contributed by atoms with Crippen LogP contribution in [0.3, 0.4) is 0 Å². The largest absolute Gasteiger partial charge is 0.493 e. The predicted octanol–water partition coefficient (Wildman–Crippen LogP) is 3.82. The van der Waals surface area contributed by atoms with Gasteiger partial charge in [0.2, 0.25) is 5.91 Å². The van der Waals surface area contributed by atoms with Gasteiger partial charge in [0.1, 0.15) is 5.75 Å². The minimum absolute atomic E-state index is 0.0352. The number of nitrogens with one attached hydrogen (secondary N) is 1. The molecule has 0 unspecified atom stereocenters. The second-order valence-electron chi connectivity index (χ2n) is 7.38. The molecule has 1 aliphatic heterocycles. The van der Waals surface area contributed by atoms with Gasteiger partial charge in [0, 0.05) is 48.6 Å². The third kappa shape index (κ3) is 4.65. The van der Waals surface area contributed by atoms with Crippen LogP contribution < -0.4 is 10.1 Å². The molecule has 28 heavy (non-hydrogen) atoms. The van der Waals surface area contributed by atoms with Crippen molar-refractivity contribution in [1.82, 2.24) is 10.2 Å². The summed E-state index contributed by atoms with van der Waals surface area (Å²) in [5.41, 5.74) is 3.52. The van der Waals surface area contributed by atoms with Crippen molar-refractivity contribution in [2.24, 2.45) is 5.92 Å². The Balaban J connectivity index is 1.61. The van der Waals surface area contributed by atoms with Gasteiger partial charge in [-0.05, 0) is 35.4 Å². The van der Waals surface area contributed by atoms with Crippen molar-refractivity contribution in [3.8, 4) is 5.75 Å². The molecule has 1 aliphatic rings. The quantitative estimate of drug-likeness (QED) is 0.801. The van der Waals surface area contributed by atoms with E-state index in [1.54, 1.807) is 24.1 Å². The van der Waals surface area contributed by atoms with Crippen LogP contribution in [0.5, 0.6) is 5.75 Å². The van der Waals surface area contributed by atoms with Crippen LogP contribution in [-0.4, -0.2) is 30.4 Å². The maximum atomic E-state index is 12.5. The van der Waals surface area contributed by atoms with Crippen molar-refractivity contribution in [3.63, 3.8) is 0 Å². The van der Waals surface area contributed by atoms with E-state index < -0.39 is 0 Å². The number of hydrogen-bond donors (Lipinski definition) is 1. The molecule has 148 valence electrons. The van der Waals surface area contributed by atoms with Gasteiger partial charge in [-0.1, -0.05) is 37.6 Å². The summed E-state index contributed by atoms with van der Waals surface area (Å²) in [6, 6.07) is 11.0. The molecular weight excluding hydrogens is 376 g/mol. The van der Waals surface area contributed by atoms with E-state index in [1.165, 1.54) is 0 Å². The first kappa shape index (κ1) is 20.2. The summed E-state index contributed by atoms with van der Waals surface area (Å²) in [6.07, 6.45) is 0.839. The number of benzene rings is 2. The normalized spacial score (nSPS) is 12.5. The van der Waals surface area contributed by atoms with Crippen LogP contribution in [0.25, 0.3) is 0 Å². The van der Waals surface area contributed by atoms with Gasteiger partial charge >= 0.3 is 0 Å². The zero-order valence-electron chi connectivity index (χ0n) is 16.4. The van der Waals surface area contributed by atoms with Crippen molar-refractivity contribution in [3.05, 3.63) is 63.7 Å². The van der Waals surface area contributed by atoms with Crippen LogP contribution in [0.15, 0.2) is 36.4 Å². The van der Waals surface area contributed by atoms with Crippen LogP contribution in [0.2, 0.25) is 5.02 Å². The Morgan fingerprint density at radius 1 is 1.21 bits per heavy atom. The third-order valence-electron chi connectivity index (χ3n) is 4.77. The minimum Gasteiger partial charge on any atom is -0.493 e. The second kappa shape index (κ2) is 8.65. The lowest BCUT2D eigenvalue weighted by Gasteiger charge is -2.19. The van der Waals surface area contributed by atoms with Gasteiger partial charge in [-0.3, -0.25) is 9.59 Å². The van der Waals surface area contributed by atoms with E-state index in [2.05, 4.69) is 5.32 Å². The molecule has 1 N–H and O–H groups in total. The Morgan fingerprint density at radius 3 is 2.61 bits per heavy atom. The Kier molecular flexibility index (Phi) is 6.25. The van der Waals surface area contributed by atoms with Crippen LogP contribution in [0, 0.1) is 5.92 Å². The number of halogens is 1. The molecule has 0 saturated heterocycles. The van der Waals surface area contributed by atoms with Crippen molar-refractivity contribution in [2.75, 3.05) is 13.7 Å². The maximum absolute atomic E-state index is 12.5. The SMILES string of the molecule is CC(C)C(=O)N(C)Cc1ccc(C(=O)NCc2cc(Cl)cc3c2OCC3)cc1. The first-order valence-electron chi connectivity index (χ1n) is 9.41. The van der Waals surface area contributed by atoms with Gasteiger partial charge in [-0.25, -0.2) is 0 Å². The summed E-state index contributed by atoms with van der Waals surface area (Å²) in [5.74, 6) is 0.729. The van der Waals surface area contributed by atoms with E-state index in [4.69, 9.17) is 16.3 Å². The van der Waals surface area contributed by atoms with Crippen LogP contribution in [0.1, 0.15) is 40.9 Å². The number of fused-ring (bicyclic) bond motifs is 1. The van der Waals surface area contributed by atoms with Gasteiger partial charge in [0.15, 0.2) is 0 Å². The summed E-state index contributed by atoms with van der Waals surface area (Å²) < 4.78 is 5.67. The number of rotatable bonds is 6. The predicted molar refractivity (Wildman–Crippen MR) is 110 cm³/mol. The Hall–Kier alpha value is -2.53. The highest BCUT2D eigenvalue weighted by molar-refractivity contribution is 6.30. The number of ether oxygens (including phenoxy) is 1. The smallest absolute Gasteiger partial charge is 0.251 e. The number of carbonyl (C=O) groups excluding carboxylic acids is 2. The summed E-state index contributed by atoms with van der Waals surface area (Å²) in [7, 11) is 1.79. The van der Waals surface area contributed by atoms with Gasteiger partial charge in [0.05, 0.1) is 6.61 Å². The summed E-state index contributed by atoms with van der Waals surface area (Å²) in [4.78, 5) is 26.2. The molecule has 0 radical (unpaired) electrons. The molecule has 0 spiro atoms. The lowest BCUT2D eigenvalue weighted by Crippen LogP contribution is -2.30. The molecule has 1 heterocycles. The number of nitrogens with zero attached hydrogens (tertiary/aromatic N) is 1. The van der Waals surface area contributed by atoms with E-state index in [0.29, 0.717) is 30.3 Å². The zero-order chi connectivity index (χ0) is 20.3. The Labute approximate surface area is 170 Å². The van der Waals surface area contributed by atoms with Crippen LogP contribution in [-0.2, 0) is 24.3 Å². The lowest BCUT2D eigenvalue weighted by atomic mass is 10.1. The molecule has 2 aromatic rings. The fraction of sp³-hybridized carbons (Fsp3) is 0.364. The minimum atomic E-state index is -0.162. The Morgan fingerprint density at radius 2 is 1.93 bits per heavy atom. The molecule has 5 nitrogen and oxygen atoms in total. The van der Waals surface area contributed by atoms with Gasteiger partial charge in [-0.15, -0.1) is 0 Å². The highest BCUT2D eigenvalue weighted by Gasteiger charge is 2.18. The fourth-order valence-corrected chi connectivity index (χ4v) is 3.57. The molecule has 0 bridgehead atoms. The number of hydrogen-bond acceptors (Lipinski definition) is 3. The van der Waals surface area contributed by atoms with Crippen molar-refractivity contribution in [2.45, 2.75) is 33.4 Å². The van der Waals surface area contributed by atoms with Crippen molar-refractivity contribution >= 4 is 23.4 Å². The first-order valence-corrected chi connectivity index (χ1v) is 9.79. The number of amides is 2. The lowest BCUT2D eigenvalue weighted by molar-refractivity contribution is -0.133. The summed E-state index contributed by atoms with van der Waals surface area (Å²) in [5, 5.41) is 3.57. The first-order chi connectivity index (χ1) is 13.3. The van der Waals surface area contributed by atoms with Crippen LogP contribution >= 0.6 is 11.6 Å². The third-order valence-corrected chi connectivity index (χ3v) is 4.99. The van der Waals surface area contributed by atoms with Gasteiger partial charge in [-0.2, -0.15) is 0 Å². The van der Waals surface area contributed by atoms with Crippen LogP contribution in [0.4, 0.5) is 0 Å².